The van der Waals surface area contributed by atoms with Crippen molar-refractivity contribution in [3.8, 4) is 0 Å². The van der Waals surface area contributed by atoms with E-state index in [0.717, 1.165) is 25.7 Å². The van der Waals surface area contributed by atoms with Crippen LogP contribution in [0.15, 0.2) is 0 Å². The maximum atomic E-state index is 12.2. The fourth-order valence-electron chi connectivity index (χ4n) is 3.51. The van der Waals surface area contributed by atoms with Gasteiger partial charge in [-0.3, -0.25) is 14.6 Å². The van der Waals surface area contributed by atoms with Crippen LogP contribution in [0.1, 0.15) is 33.1 Å². The number of hydrogen-bond donors (Lipinski definition) is 1. The van der Waals surface area contributed by atoms with Crippen molar-refractivity contribution in [3.05, 3.63) is 0 Å². The standard InChI is InChI=1S/C15H29N3O2/c1-5-20-14(19)15(2,16-3)11-18-9-8-12-6-7-13(10-18)17(12)4/h12-13,16H,5-11H2,1-4H3. The summed E-state index contributed by atoms with van der Waals surface area (Å²) in [6.45, 7) is 7.08. The Kier molecular flexibility index (Phi) is 5.04. The molecule has 0 radical (unpaired) electrons. The molecular formula is C15H29N3O2. The summed E-state index contributed by atoms with van der Waals surface area (Å²) in [6.07, 6.45) is 3.82. The first-order chi connectivity index (χ1) is 9.50. The average Bonchev–Trinajstić information content (AvgIpc) is 2.67. The normalized spacial score (nSPS) is 30.8. The van der Waals surface area contributed by atoms with E-state index in [1.54, 1.807) is 0 Å². The largest absolute Gasteiger partial charge is 0.465 e. The highest BCUT2D eigenvalue weighted by atomic mass is 16.5. The van der Waals surface area contributed by atoms with Gasteiger partial charge in [0.25, 0.3) is 0 Å². The number of likely N-dealkylation sites (tertiary alicyclic amines) is 1. The van der Waals surface area contributed by atoms with Gasteiger partial charge in [0, 0.05) is 25.2 Å². The Morgan fingerprint density at radius 1 is 1.35 bits per heavy atom. The van der Waals surface area contributed by atoms with Crippen LogP contribution in [0.4, 0.5) is 0 Å². The SMILES string of the molecule is CCOC(=O)C(C)(CN1CCC2CCC(C1)N2C)NC. The van der Waals surface area contributed by atoms with E-state index in [1.165, 1.54) is 19.3 Å². The highest BCUT2D eigenvalue weighted by Gasteiger charge is 2.39. The van der Waals surface area contributed by atoms with Crippen molar-refractivity contribution in [3.63, 3.8) is 0 Å². The van der Waals surface area contributed by atoms with Gasteiger partial charge in [-0.05, 0) is 53.8 Å². The average molecular weight is 283 g/mol. The summed E-state index contributed by atoms with van der Waals surface area (Å²) in [4.78, 5) is 17.1. The van der Waals surface area contributed by atoms with E-state index >= 15 is 0 Å². The van der Waals surface area contributed by atoms with Crippen LogP contribution in [0.3, 0.4) is 0 Å². The van der Waals surface area contributed by atoms with Gasteiger partial charge in [-0.15, -0.1) is 0 Å². The van der Waals surface area contributed by atoms with E-state index in [0.29, 0.717) is 12.6 Å². The first kappa shape index (κ1) is 15.7. The summed E-state index contributed by atoms with van der Waals surface area (Å²) in [5, 5.41) is 3.16. The van der Waals surface area contributed by atoms with Crippen molar-refractivity contribution in [1.82, 2.24) is 15.1 Å². The molecule has 0 aromatic carbocycles. The van der Waals surface area contributed by atoms with Crippen LogP contribution in [0.5, 0.6) is 0 Å². The van der Waals surface area contributed by atoms with Gasteiger partial charge >= 0.3 is 5.97 Å². The van der Waals surface area contributed by atoms with Crippen molar-refractivity contribution in [1.29, 1.82) is 0 Å². The fourth-order valence-corrected chi connectivity index (χ4v) is 3.51. The molecule has 3 atom stereocenters. The second-order valence-corrected chi connectivity index (χ2v) is 6.38. The molecular weight excluding hydrogens is 254 g/mol. The zero-order chi connectivity index (χ0) is 14.8. The topological polar surface area (TPSA) is 44.8 Å². The first-order valence-corrected chi connectivity index (χ1v) is 7.80. The van der Waals surface area contributed by atoms with E-state index in [9.17, 15) is 4.79 Å². The lowest BCUT2D eigenvalue weighted by Gasteiger charge is -2.34. The molecule has 2 aliphatic rings. The Bertz CT molecular complexity index is 350. The summed E-state index contributed by atoms with van der Waals surface area (Å²) >= 11 is 0. The molecule has 5 heteroatoms. The Morgan fingerprint density at radius 3 is 2.70 bits per heavy atom. The van der Waals surface area contributed by atoms with E-state index in [4.69, 9.17) is 4.74 Å². The number of hydrogen-bond acceptors (Lipinski definition) is 5. The highest BCUT2D eigenvalue weighted by Crippen LogP contribution is 2.29. The summed E-state index contributed by atoms with van der Waals surface area (Å²) in [7, 11) is 4.08. The molecule has 2 fully saturated rings. The zero-order valence-corrected chi connectivity index (χ0v) is 13.3. The van der Waals surface area contributed by atoms with Gasteiger partial charge in [-0.2, -0.15) is 0 Å². The monoisotopic (exact) mass is 283 g/mol. The first-order valence-electron chi connectivity index (χ1n) is 7.80. The molecule has 1 N–H and O–H groups in total. The molecule has 0 aromatic rings. The molecule has 116 valence electrons. The third kappa shape index (κ3) is 3.15. The van der Waals surface area contributed by atoms with Gasteiger partial charge in [-0.1, -0.05) is 0 Å². The number of esters is 1. The third-order valence-electron chi connectivity index (χ3n) is 5.05. The molecule has 0 amide bonds. The van der Waals surface area contributed by atoms with Crippen molar-refractivity contribution in [2.24, 2.45) is 0 Å². The van der Waals surface area contributed by atoms with Crippen LogP contribution >= 0.6 is 0 Å². The van der Waals surface area contributed by atoms with Gasteiger partial charge in [0.05, 0.1) is 6.61 Å². The van der Waals surface area contributed by atoms with E-state index in [-0.39, 0.29) is 5.97 Å². The molecule has 0 spiro atoms. The van der Waals surface area contributed by atoms with Gasteiger partial charge in [-0.25, -0.2) is 0 Å². The number of fused-ring (bicyclic) bond motifs is 2. The van der Waals surface area contributed by atoms with Gasteiger partial charge in [0.1, 0.15) is 5.54 Å². The molecule has 2 rings (SSSR count). The van der Waals surface area contributed by atoms with Crippen LogP contribution in [0, 0.1) is 0 Å². The molecule has 0 saturated carbocycles. The Hall–Kier alpha value is -0.650. The summed E-state index contributed by atoms with van der Waals surface area (Å²) in [5.41, 5.74) is -0.613. The Morgan fingerprint density at radius 2 is 2.05 bits per heavy atom. The second kappa shape index (κ2) is 6.41. The third-order valence-corrected chi connectivity index (χ3v) is 5.05. The maximum Gasteiger partial charge on any atom is 0.327 e. The van der Waals surface area contributed by atoms with Crippen LogP contribution in [0.2, 0.25) is 0 Å². The smallest absolute Gasteiger partial charge is 0.327 e. The number of carbonyl (C=O) groups excluding carboxylic acids is 1. The molecule has 2 aliphatic heterocycles. The van der Waals surface area contributed by atoms with Crippen molar-refractivity contribution in [2.45, 2.75) is 50.7 Å². The molecule has 2 bridgehead atoms. The summed E-state index contributed by atoms with van der Waals surface area (Å²) in [6, 6.07) is 1.37. The number of rotatable bonds is 5. The van der Waals surface area contributed by atoms with Crippen LogP contribution in [-0.2, 0) is 9.53 Å². The maximum absolute atomic E-state index is 12.2. The van der Waals surface area contributed by atoms with Crippen LogP contribution in [-0.4, -0.2) is 73.7 Å². The number of nitrogens with zero attached hydrogens (tertiary/aromatic N) is 2. The molecule has 3 unspecified atom stereocenters. The lowest BCUT2D eigenvalue weighted by molar-refractivity contribution is -0.151. The number of likely N-dealkylation sites (N-methyl/N-ethyl adjacent to an activating group) is 2. The lowest BCUT2D eigenvalue weighted by atomic mass is 10.0. The molecule has 2 saturated heterocycles. The molecule has 2 heterocycles. The quantitative estimate of drug-likeness (QED) is 0.752. The molecule has 5 nitrogen and oxygen atoms in total. The minimum Gasteiger partial charge on any atom is -0.465 e. The van der Waals surface area contributed by atoms with E-state index in [1.807, 2.05) is 20.9 Å². The lowest BCUT2D eigenvalue weighted by Crippen LogP contribution is -2.57. The van der Waals surface area contributed by atoms with Gasteiger partial charge < -0.3 is 10.1 Å². The summed E-state index contributed by atoms with van der Waals surface area (Å²) in [5.74, 6) is -0.148. The van der Waals surface area contributed by atoms with Gasteiger partial charge in [0.2, 0.25) is 0 Å². The van der Waals surface area contributed by atoms with Gasteiger partial charge in [0.15, 0.2) is 0 Å². The molecule has 0 aromatic heterocycles. The predicted molar refractivity (Wildman–Crippen MR) is 79.7 cm³/mol. The Labute approximate surface area is 122 Å². The van der Waals surface area contributed by atoms with Crippen molar-refractivity contribution >= 4 is 5.97 Å². The molecule has 0 aliphatic carbocycles. The van der Waals surface area contributed by atoms with Crippen molar-refractivity contribution < 1.29 is 9.53 Å². The molecule has 20 heavy (non-hydrogen) atoms. The number of nitrogens with one attached hydrogen (secondary N) is 1. The minimum absolute atomic E-state index is 0.148. The predicted octanol–water partition coefficient (Wildman–Crippen LogP) is 0.696. The number of ether oxygens (including phenoxy) is 1. The fraction of sp³-hybridized carbons (Fsp3) is 0.933. The number of carbonyl (C=O) groups is 1. The van der Waals surface area contributed by atoms with Crippen LogP contribution < -0.4 is 5.32 Å². The second-order valence-electron chi connectivity index (χ2n) is 6.38. The summed E-state index contributed by atoms with van der Waals surface area (Å²) < 4.78 is 5.22. The van der Waals surface area contributed by atoms with Crippen LogP contribution in [0.25, 0.3) is 0 Å². The Balaban J connectivity index is 1.99. The van der Waals surface area contributed by atoms with E-state index < -0.39 is 5.54 Å². The highest BCUT2D eigenvalue weighted by molar-refractivity contribution is 5.80. The van der Waals surface area contributed by atoms with Crippen molar-refractivity contribution in [2.75, 3.05) is 40.3 Å². The van der Waals surface area contributed by atoms with E-state index in [2.05, 4.69) is 22.2 Å². The minimum atomic E-state index is -0.613. The zero-order valence-electron chi connectivity index (χ0n) is 13.3.